The van der Waals surface area contributed by atoms with Gasteiger partial charge in [-0.25, -0.2) is 19.2 Å². The molecule has 4 aromatic rings. The highest BCUT2D eigenvalue weighted by Gasteiger charge is 2.31. The van der Waals surface area contributed by atoms with Gasteiger partial charge in [-0.05, 0) is 18.2 Å². The minimum Gasteiger partial charge on any atom is -0.464 e. The normalized spacial score (nSPS) is 12.0. The number of fused-ring (bicyclic) bond motifs is 2. The second kappa shape index (κ2) is 6.29. The predicted molar refractivity (Wildman–Crippen MR) is 89.1 cm³/mol. The molecule has 4 rings (SSSR count). The summed E-state index contributed by atoms with van der Waals surface area (Å²) in [6, 6.07) is 3.82. The standard InChI is InChI=1S/C17H11F4N5O2/c1-28-16(27)11-4-12-10(5-22-11)15(24-26(12)8-17(19,20)21)13-6-23-14-3-2-9(18)7-25(13)14/h2-7H,8H2,1H3. The van der Waals surface area contributed by atoms with Crippen LogP contribution >= 0.6 is 0 Å². The molecular formula is C17H11F4N5O2. The van der Waals surface area contributed by atoms with Crippen LogP contribution in [0.3, 0.4) is 0 Å². The number of alkyl halides is 3. The van der Waals surface area contributed by atoms with E-state index in [0.29, 0.717) is 5.65 Å². The lowest BCUT2D eigenvalue weighted by Gasteiger charge is -2.07. The van der Waals surface area contributed by atoms with Crippen molar-refractivity contribution < 1.29 is 27.1 Å². The topological polar surface area (TPSA) is 74.3 Å². The Morgan fingerprint density at radius 2 is 2.00 bits per heavy atom. The van der Waals surface area contributed by atoms with Crippen molar-refractivity contribution in [1.82, 2.24) is 24.1 Å². The van der Waals surface area contributed by atoms with Crippen LogP contribution in [0.2, 0.25) is 0 Å². The van der Waals surface area contributed by atoms with Gasteiger partial charge < -0.3 is 4.74 Å². The first-order valence-corrected chi connectivity index (χ1v) is 7.91. The first kappa shape index (κ1) is 17.9. The third-order valence-corrected chi connectivity index (χ3v) is 4.07. The van der Waals surface area contributed by atoms with E-state index in [1.54, 1.807) is 0 Å². The summed E-state index contributed by atoms with van der Waals surface area (Å²) in [5, 5.41) is 4.30. The molecule has 0 fully saturated rings. The second-order valence-electron chi connectivity index (χ2n) is 5.92. The summed E-state index contributed by atoms with van der Waals surface area (Å²) in [4.78, 5) is 19.8. The van der Waals surface area contributed by atoms with Crippen LogP contribution in [-0.4, -0.2) is 43.4 Å². The highest BCUT2D eigenvalue weighted by molar-refractivity contribution is 5.97. The predicted octanol–water partition coefficient (Wildman–Crippen LogP) is 3.23. The zero-order valence-corrected chi connectivity index (χ0v) is 14.2. The Hall–Kier alpha value is -3.50. The Labute approximate surface area is 154 Å². The van der Waals surface area contributed by atoms with Crippen LogP contribution < -0.4 is 0 Å². The molecule has 11 heteroatoms. The minimum atomic E-state index is -4.55. The number of carbonyl (C=O) groups is 1. The van der Waals surface area contributed by atoms with E-state index in [2.05, 4.69) is 19.8 Å². The fourth-order valence-electron chi connectivity index (χ4n) is 2.89. The summed E-state index contributed by atoms with van der Waals surface area (Å²) >= 11 is 0. The van der Waals surface area contributed by atoms with Crippen molar-refractivity contribution in [3.63, 3.8) is 0 Å². The fraction of sp³-hybridized carbons (Fsp3) is 0.176. The second-order valence-corrected chi connectivity index (χ2v) is 5.92. The number of halogens is 4. The molecule has 144 valence electrons. The molecule has 0 spiro atoms. The van der Waals surface area contributed by atoms with E-state index in [4.69, 9.17) is 0 Å². The highest BCUT2D eigenvalue weighted by Crippen LogP contribution is 2.30. The number of ether oxygens (including phenoxy) is 1. The number of esters is 1. The minimum absolute atomic E-state index is 0.0362. The molecule has 0 aliphatic carbocycles. The van der Waals surface area contributed by atoms with Gasteiger partial charge in [0.05, 0.1) is 24.5 Å². The first-order chi connectivity index (χ1) is 13.3. The summed E-state index contributed by atoms with van der Waals surface area (Å²) in [5.41, 5.74) is 0.687. The zero-order chi connectivity index (χ0) is 20.1. The van der Waals surface area contributed by atoms with Gasteiger partial charge in [-0.3, -0.25) is 9.08 Å². The van der Waals surface area contributed by atoms with Gasteiger partial charge in [0.25, 0.3) is 0 Å². The summed E-state index contributed by atoms with van der Waals surface area (Å²) in [5.74, 6) is -1.34. The van der Waals surface area contributed by atoms with Crippen LogP contribution in [-0.2, 0) is 11.3 Å². The van der Waals surface area contributed by atoms with Gasteiger partial charge >= 0.3 is 12.1 Å². The SMILES string of the molecule is COC(=O)c1cc2c(cn1)c(-c1cnc3ccc(F)cn13)nn2CC(F)(F)F. The van der Waals surface area contributed by atoms with Gasteiger partial charge in [-0.1, -0.05) is 0 Å². The molecule has 4 heterocycles. The lowest BCUT2D eigenvalue weighted by Crippen LogP contribution is -2.18. The maximum absolute atomic E-state index is 13.6. The summed E-state index contributed by atoms with van der Waals surface area (Å²) in [7, 11) is 1.14. The Balaban J connectivity index is 1.98. The Morgan fingerprint density at radius 1 is 1.21 bits per heavy atom. The molecule has 0 radical (unpaired) electrons. The van der Waals surface area contributed by atoms with Gasteiger partial charge in [-0.15, -0.1) is 0 Å². The third kappa shape index (κ3) is 3.04. The van der Waals surface area contributed by atoms with Crippen LogP contribution in [0.5, 0.6) is 0 Å². The molecule has 0 N–H and O–H groups in total. The van der Waals surface area contributed by atoms with Crippen LogP contribution in [0.25, 0.3) is 27.9 Å². The van der Waals surface area contributed by atoms with E-state index >= 15 is 0 Å². The van der Waals surface area contributed by atoms with Crippen molar-refractivity contribution in [3.05, 3.63) is 48.3 Å². The van der Waals surface area contributed by atoms with Crippen LogP contribution in [0.15, 0.2) is 36.8 Å². The summed E-state index contributed by atoms with van der Waals surface area (Å²) < 4.78 is 59.4. The average Bonchev–Trinajstić information content (AvgIpc) is 3.20. The Kier molecular flexibility index (Phi) is 4.02. The van der Waals surface area contributed by atoms with Crippen molar-refractivity contribution in [2.75, 3.05) is 7.11 Å². The van der Waals surface area contributed by atoms with Gasteiger partial charge in [0.1, 0.15) is 23.7 Å². The quantitative estimate of drug-likeness (QED) is 0.395. The van der Waals surface area contributed by atoms with E-state index in [1.807, 2.05) is 0 Å². The maximum atomic E-state index is 13.6. The fourth-order valence-corrected chi connectivity index (χ4v) is 2.89. The smallest absolute Gasteiger partial charge is 0.408 e. The number of hydrogen-bond acceptors (Lipinski definition) is 5. The first-order valence-electron chi connectivity index (χ1n) is 7.91. The van der Waals surface area contributed by atoms with Crippen LogP contribution in [0.1, 0.15) is 10.5 Å². The molecule has 0 aromatic carbocycles. The number of hydrogen-bond donors (Lipinski definition) is 0. The maximum Gasteiger partial charge on any atom is 0.408 e. The molecule has 0 aliphatic heterocycles. The van der Waals surface area contributed by atoms with Crippen molar-refractivity contribution in [2.24, 2.45) is 0 Å². The van der Waals surface area contributed by atoms with E-state index in [-0.39, 0.29) is 28.0 Å². The average molecular weight is 393 g/mol. The third-order valence-electron chi connectivity index (χ3n) is 4.07. The molecular weight excluding hydrogens is 382 g/mol. The number of nitrogens with zero attached hydrogens (tertiary/aromatic N) is 5. The molecule has 0 saturated heterocycles. The number of carbonyl (C=O) groups excluding carboxylic acids is 1. The summed E-state index contributed by atoms with van der Waals surface area (Å²) in [6.07, 6.45) is -0.781. The van der Waals surface area contributed by atoms with Crippen molar-refractivity contribution in [2.45, 2.75) is 12.7 Å². The number of pyridine rings is 2. The van der Waals surface area contributed by atoms with Gasteiger partial charge in [0.2, 0.25) is 0 Å². The van der Waals surface area contributed by atoms with E-state index in [1.165, 1.54) is 35.0 Å². The van der Waals surface area contributed by atoms with Gasteiger partial charge in [0.15, 0.2) is 5.69 Å². The van der Waals surface area contributed by atoms with Gasteiger partial charge in [-0.2, -0.15) is 18.3 Å². The largest absolute Gasteiger partial charge is 0.464 e. The van der Waals surface area contributed by atoms with Gasteiger partial charge in [0, 0.05) is 17.8 Å². The van der Waals surface area contributed by atoms with E-state index in [0.717, 1.165) is 18.0 Å². The Morgan fingerprint density at radius 3 is 2.71 bits per heavy atom. The molecule has 28 heavy (non-hydrogen) atoms. The van der Waals surface area contributed by atoms with Crippen molar-refractivity contribution in [3.8, 4) is 11.4 Å². The van der Waals surface area contributed by atoms with Crippen LogP contribution in [0.4, 0.5) is 17.6 Å². The Bertz CT molecular complexity index is 1210. The molecule has 0 atom stereocenters. The van der Waals surface area contributed by atoms with Crippen molar-refractivity contribution >= 4 is 22.5 Å². The zero-order valence-electron chi connectivity index (χ0n) is 14.2. The molecule has 0 unspecified atom stereocenters. The monoisotopic (exact) mass is 393 g/mol. The van der Waals surface area contributed by atoms with Crippen molar-refractivity contribution in [1.29, 1.82) is 0 Å². The number of aromatic nitrogens is 5. The number of imidazole rings is 1. The number of rotatable bonds is 3. The van der Waals surface area contributed by atoms with E-state index < -0.39 is 24.5 Å². The molecule has 7 nitrogen and oxygen atoms in total. The summed E-state index contributed by atoms with van der Waals surface area (Å²) in [6.45, 7) is -1.38. The highest BCUT2D eigenvalue weighted by atomic mass is 19.4. The molecule has 0 bridgehead atoms. The molecule has 0 saturated carbocycles. The molecule has 0 aliphatic rings. The number of methoxy groups -OCH3 is 1. The van der Waals surface area contributed by atoms with E-state index in [9.17, 15) is 22.4 Å². The lowest BCUT2D eigenvalue weighted by atomic mass is 10.2. The molecule has 4 aromatic heterocycles. The molecule has 0 amide bonds. The van der Waals surface area contributed by atoms with Crippen LogP contribution in [0, 0.1) is 5.82 Å². The lowest BCUT2D eigenvalue weighted by molar-refractivity contribution is -0.141.